The highest BCUT2D eigenvalue weighted by Crippen LogP contribution is 2.69. The fourth-order valence-corrected chi connectivity index (χ4v) is 14.4. The van der Waals surface area contributed by atoms with E-state index in [9.17, 15) is 5.11 Å². The van der Waals surface area contributed by atoms with Gasteiger partial charge < -0.3 is 24.2 Å². The zero-order valence-electron chi connectivity index (χ0n) is 31.6. The second kappa shape index (κ2) is 12.4. The van der Waals surface area contributed by atoms with Gasteiger partial charge in [-0.3, -0.25) is 0 Å². The van der Waals surface area contributed by atoms with E-state index in [1.165, 1.54) is 57.9 Å². The molecule has 48 heavy (non-hydrogen) atoms. The summed E-state index contributed by atoms with van der Waals surface area (Å²) in [5.41, 5.74) is -0.162. The number of ether oxygens (including phenoxy) is 3. The fourth-order valence-electron chi connectivity index (χ4n) is 14.4. The molecule has 5 saturated carbocycles. The number of hydrogen-bond acceptors (Lipinski definition) is 7. The Morgan fingerprint density at radius 2 is 1.65 bits per heavy atom. The highest BCUT2D eigenvalue weighted by molar-refractivity contribution is 5.13. The smallest absolute Gasteiger partial charge is 0.201 e. The lowest BCUT2D eigenvalue weighted by Crippen LogP contribution is -2.70. The first-order valence-electron chi connectivity index (χ1n) is 20.5. The van der Waals surface area contributed by atoms with Crippen molar-refractivity contribution >= 4 is 0 Å². The molecule has 0 radical (unpaired) electrons. The van der Waals surface area contributed by atoms with Crippen LogP contribution in [0.4, 0.5) is 0 Å². The molecule has 4 saturated heterocycles. The van der Waals surface area contributed by atoms with E-state index in [-0.39, 0.29) is 29.8 Å². The number of hydrogen-bond donors (Lipinski definition) is 1. The largest absolute Gasteiger partial charge is 0.393 e. The Morgan fingerprint density at radius 1 is 0.854 bits per heavy atom. The van der Waals surface area contributed by atoms with Crippen molar-refractivity contribution in [1.82, 2.24) is 4.90 Å². The van der Waals surface area contributed by atoms with Crippen LogP contribution in [0.5, 0.6) is 0 Å². The monoisotopic (exact) mass is 672 g/mol. The molecule has 4 aliphatic heterocycles. The van der Waals surface area contributed by atoms with Gasteiger partial charge >= 0.3 is 0 Å². The predicted octanol–water partition coefficient (Wildman–Crippen LogP) is 8.19. The number of aliphatic hydroxyl groups is 1. The topological polar surface area (TPSA) is 69.6 Å². The molecule has 1 spiro atoms. The van der Waals surface area contributed by atoms with Crippen molar-refractivity contribution in [2.24, 2.45) is 70.0 Å². The standard InChI is InChI=1S/C41H69NO6/c1-24(10-9-21-42(7)8)30-15-16-33-29-13-12-27-22-28(17-19-38(27,4)34(29)23-35(43)40(30,33)6)44-36-26(3)32-14-11-25(2)31-18-20-39(5)46-37(45-36)41(31,32)48-47-39/h24-37,43H,9-23H2,1-8H3/t24-,25-,26-,27-,28-,29+,30-,31+,32+,33+,34+,35+,36+,37-,38+,39+,40-,41-/m1/s1. The van der Waals surface area contributed by atoms with Gasteiger partial charge in [0.05, 0.1) is 12.2 Å². The lowest BCUT2D eigenvalue weighted by molar-refractivity contribution is -0.578. The minimum Gasteiger partial charge on any atom is -0.393 e. The van der Waals surface area contributed by atoms with Crippen molar-refractivity contribution in [3.05, 3.63) is 0 Å². The van der Waals surface area contributed by atoms with E-state index in [4.69, 9.17) is 24.0 Å². The van der Waals surface area contributed by atoms with E-state index in [2.05, 4.69) is 53.6 Å². The summed E-state index contributed by atoms with van der Waals surface area (Å²) in [6, 6.07) is 0. The minimum absolute atomic E-state index is 0.0787. The second-order valence-corrected chi connectivity index (χ2v) is 19.7. The third kappa shape index (κ3) is 5.19. The molecule has 0 aromatic carbocycles. The Bertz CT molecular complexity index is 1180. The van der Waals surface area contributed by atoms with Gasteiger partial charge in [-0.2, -0.15) is 0 Å². The van der Waals surface area contributed by atoms with Gasteiger partial charge in [0.1, 0.15) is 0 Å². The Labute approximate surface area is 291 Å². The van der Waals surface area contributed by atoms with Gasteiger partial charge in [-0.25, -0.2) is 9.78 Å². The molecule has 9 rings (SSSR count). The van der Waals surface area contributed by atoms with Crippen LogP contribution in [0.3, 0.4) is 0 Å². The first kappa shape index (κ1) is 34.8. The van der Waals surface area contributed by atoms with Gasteiger partial charge in [0.2, 0.25) is 5.79 Å². The van der Waals surface area contributed by atoms with Crippen LogP contribution in [0.25, 0.3) is 0 Å². The van der Waals surface area contributed by atoms with Crippen molar-refractivity contribution in [3.8, 4) is 0 Å². The van der Waals surface area contributed by atoms with E-state index >= 15 is 0 Å². The molecule has 1 N–H and O–H groups in total. The van der Waals surface area contributed by atoms with Crippen molar-refractivity contribution in [2.45, 2.75) is 168 Å². The summed E-state index contributed by atoms with van der Waals surface area (Å²) in [6.45, 7) is 15.5. The first-order valence-corrected chi connectivity index (χ1v) is 20.5. The molecular formula is C41H69NO6. The Hall–Kier alpha value is -0.280. The Kier molecular flexibility index (Phi) is 8.99. The molecule has 5 aliphatic carbocycles. The highest BCUT2D eigenvalue weighted by Gasteiger charge is 2.70. The quantitative estimate of drug-likeness (QED) is 0.216. The molecule has 4 heterocycles. The van der Waals surface area contributed by atoms with Crippen LogP contribution in [0.1, 0.15) is 131 Å². The van der Waals surface area contributed by atoms with Crippen LogP contribution in [0.2, 0.25) is 0 Å². The van der Waals surface area contributed by atoms with E-state index in [0.717, 1.165) is 44.4 Å². The van der Waals surface area contributed by atoms with Gasteiger partial charge in [-0.05, 0) is 169 Å². The molecule has 7 nitrogen and oxygen atoms in total. The molecule has 9 fully saturated rings. The van der Waals surface area contributed by atoms with E-state index in [1.807, 2.05) is 6.92 Å². The number of fused-ring (bicyclic) bond motifs is 7. The maximum atomic E-state index is 12.1. The van der Waals surface area contributed by atoms with Gasteiger partial charge in [0.15, 0.2) is 18.2 Å². The lowest BCUT2D eigenvalue weighted by Gasteiger charge is -2.63. The Balaban J connectivity index is 0.943. The summed E-state index contributed by atoms with van der Waals surface area (Å²) in [5, 5.41) is 12.1. The van der Waals surface area contributed by atoms with E-state index in [0.29, 0.717) is 52.8 Å². The van der Waals surface area contributed by atoms with E-state index < -0.39 is 17.7 Å². The molecular weight excluding hydrogens is 602 g/mol. The van der Waals surface area contributed by atoms with Crippen molar-refractivity contribution in [3.63, 3.8) is 0 Å². The van der Waals surface area contributed by atoms with Gasteiger partial charge in [-0.1, -0.05) is 34.6 Å². The third-order valence-electron chi connectivity index (χ3n) is 17.2. The average Bonchev–Trinajstić information content (AvgIpc) is 3.25. The zero-order chi connectivity index (χ0) is 33.8. The summed E-state index contributed by atoms with van der Waals surface area (Å²) in [5.74, 6) is 4.80. The summed E-state index contributed by atoms with van der Waals surface area (Å²) in [7, 11) is 4.37. The van der Waals surface area contributed by atoms with Crippen molar-refractivity contribution in [1.29, 1.82) is 0 Å². The number of nitrogens with zero attached hydrogens (tertiary/aromatic N) is 1. The first-order chi connectivity index (χ1) is 22.8. The van der Waals surface area contributed by atoms with Gasteiger partial charge in [-0.15, -0.1) is 0 Å². The van der Waals surface area contributed by atoms with Crippen molar-refractivity contribution < 1.29 is 29.1 Å². The molecule has 0 amide bonds. The molecule has 0 aromatic heterocycles. The fraction of sp³-hybridized carbons (Fsp3) is 1.00. The molecule has 18 atom stereocenters. The molecule has 7 heteroatoms. The molecule has 2 bridgehead atoms. The predicted molar refractivity (Wildman–Crippen MR) is 185 cm³/mol. The summed E-state index contributed by atoms with van der Waals surface area (Å²) in [4.78, 5) is 14.8. The van der Waals surface area contributed by atoms with Crippen molar-refractivity contribution in [2.75, 3.05) is 20.6 Å². The Morgan fingerprint density at radius 3 is 2.44 bits per heavy atom. The van der Waals surface area contributed by atoms with Crippen LogP contribution in [-0.4, -0.2) is 66.8 Å². The van der Waals surface area contributed by atoms with Crippen LogP contribution < -0.4 is 0 Å². The zero-order valence-corrected chi connectivity index (χ0v) is 31.6. The average molecular weight is 672 g/mol. The maximum Gasteiger partial charge on any atom is 0.201 e. The molecule has 0 unspecified atom stereocenters. The van der Waals surface area contributed by atoms with Crippen LogP contribution in [0, 0.1) is 70.0 Å². The third-order valence-corrected chi connectivity index (χ3v) is 17.2. The van der Waals surface area contributed by atoms with Gasteiger partial charge in [0, 0.05) is 18.3 Å². The summed E-state index contributed by atoms with van der Waals surface area (Å²) in [6.07, 6.45) is 15.8. The lowest BCUT2D eigenvalue weighted by atomic mass is 9.43. The molecule has 9 aliphatic rings. The normalized spacial score (nSPS) is 56.5. The van der Waals surface area contributed by atoms with Crippen LogP contribution in [-0.2, 0) is 24.0 Å². The van der Waals surface area contributed by atoms with E-state index in [1.54, 1.807) is 0 Å². The van der Waals surface area contributed by atoms with Crippen LogP contribution in [0.15, 0.2) is 0 Å². The maximum absolute atomic E-state index is 12.1. The van der Waals surface area contributed by atoms with Gasteiger partial charge in [0.25, 0.3) is 0 Å². The number of rotatable bonds is 7. The molecule has 0 aromatic rings. The van der Waals surface area contributed by atoms with Crippen LogP contribution >= 0.6 is 0 Å². The summed E-state index contributed by atoms with van der Waals surface area (Å²) >= 11 is 0. The summed E-state index contributed by atoms with van der Waals surface area (Å²) < 4.78 is 20.6. The molecule has 274 valence electrons. The highest BCUT2D eigenvalue weighted by atomic mass is 17.3. The SMILES string of the molecule is C[C@H]1[C@@H](O[C@@H]2CC[C@@]3(C)[C@H](CC[C@@H]4[C@@H]3C[C@H](O)[C@]3(C)[C@@H]([C@H](C)CCCN(C)C)CC[C@@H]43)C2)O[C@@H]2O[C@]3(C)CC[C@H]4[C@H](C)CC[C@@H]1[C@@]24OO3. The number of aliphatic hydroxyl groups excluding tert-OH is 1. The minimum atomic E-state index is -0.752. The second-order valence-electron chi connectivity index (χ2n) is 19.7.